The first-order valence-corrected chi connectivity index (χ1v) is 9.92. The van der Waals surface area contributed by atoms with Gasteiger partial charge in [-0.15, -0.1) is 0 Å². The Hall–Kier alpha value is -2.28. The number of hydrogen-bond donors (Lipinski definition) is 3. The number of anilines is 1. The molecule has 0 atom stereocenters. The fourth-order valence-corrected chi connectivity index (χ4v) is 3.75. The first-order valence-electron chi connectivity index (χ1n) is 8.93. The zero-order valence-corrected chi connectivity index (χ0v) is 15.6. The number of aromatic amines is 1. The van der Waals surface area contributed by atoms with Crippen LogP contribution in [0.15, 0.2) is 28.2 Å². The van der Waals surface area contributed by atoms with Crippen LogP contribution >= 0.6 is 11.8 Å². The van der Waals surface area contributed by atoms with Gasteiger partial charge in [-0.3, -0.25) is 9.59 Å². The number of thioether (sulfide) groups is 1. The van der Waals surface area contributed by atoms with Gasteiger partial charge in [-0.05, 0) is 55.4 Å². The third-order valence-corrected chi connectivity index (χ3v) is 5.35. The van der Waals surface area contributed by atoms with Crippen molar-refractivity contribution in [2.24, 2.45) is 0 Å². The molecule has 1 aliphatic carbocycles. The fourth-order valence-electron chi connectivity index (χ4n) is 3.09. The largest absolute Gasteiger partial charge is 0.493 e. The number of fused-ring (bicyclic) bond motifs is 1. The minimum Gasteiger partial charge on any atom is -0.493 e. The number of unbranched alkanes of at least 4 members (excludes halogenated alkanes) is 1. The molecule has 26 heavy (non-hydrogen) atoms. The van der Waals surface area contributed by atoms with Crippen LogP contribution in [0.3, 0.4) is 0 Å². The van der Waals surface area contributed by atoms with E-state index in [0.29, 0.717) is 12.0 Å². The molecule has 0 radical (unpaired) electrons. The number of aryl methyl sites for hydroxylation is 2. The van der Waals surface area contributed by atoms with Gasteiger partial charge in [-0.2, -0.15) is 4.98 Å². The molecule has 7 heteroatoms. The van der Waals surface area contributed by atoms with E-state index in [1.807, 2.05) is 19.1 Å². The minimum absolute atomic E-state index is 0.105. The van der Waals surface area contributed by atoms with E-state index < -0.39 is 0 Å². The number of aromatic nitrogens is 2. The number of rotatable bonds is 7. The molecule has 0 bridgehead atoms. The van der Waals surface area contributed by atoms with Crippen molar-refractivity contribution in [2.45, 2.75) is 50.6 Å². The average molecular weight is 373 g/mol. The Morgan fingerprint density at radius 3 is 2.92 bits per heavy atom. The number of aromatic hydroxyl groups is 1. The van der Waals surface area contributed by atoms with E-state index in [1.165, 1.54) is 17.5 Å². The van der Waals surface area contributed by atoms with E-state index >= 15 is 0 Å². The van der Waals surface area contributed by atoms with Crippen LogP contribution in [-0.4, -0.2) is 26.7 Å². The van der Waals surface area contributed by atoms with Crippen LogP contribution in [0.2, 0.25) is 0 Å². The Balaban J connectivity index is 1.58. The molecule has 1 aromatic carbocycles. The number of carbonyl (C=O) groups is 1. The molecule has 1 amide bonds. The summed E-state index contributed by atoms with van der Waals surface area (Å²) in [6.07, 6.45) is 5.57. The van der Waals surface area contributed by atoms with Crippen molar-refractivity contribution < 1.29 is 9.90 Å². The van der Waals surface area contributed by atoms with E-state index in [0.717, 1.165) is 43.1 Å². The molecule has 0 saturated heterocycles. The first-order chi connectivity index (χ1) is 12.6. The van der Waals surface area contributed by atoms with E-state index in [1.54, 1.807) is 0 Å². The summed E-state index contributed by atoms with van der Waals surface area (Å²) in [5.41, 5.74) is 3.41. The molecule has 2 aromatic rings. The predicted octanol–water partition coefficient (Wildman–Crippen LogP) is 3.04. The molecule has 1 aliphatic rings. The van der Waals surface area contributed by atoms with Crippen LogP contribution in [0.4, 0.5) is 5.69 Å². The van der Waals surface area contributed by atoms with E-state index in [2.05, 4.69) is 21.4 Å². The normalized spacial score (nSPS) is 12.8. The maximum absolute atomic E-state index is 12.1. The standard InChI is InChI=1S/C19H23N3O3S/c1-2-3-7-15-17(24)21-19(22-18(15)25)26-11-16(23)20-14-9-8-12-5-4-6-13(12)10-14/h8-10H,2-7,11H2,1H3,(H,20,23)(H2,21,22,24,25). The molecule has 0 fully saturated rings. The topological polar surface area (TPSA) is 95.1 Å². The number of nitrogens with zero attached hydrogens (tertiary/aromatic N) is 1. The lowest BCUT2D eigenvalue weighted by atomic mass is 10.1. The quantitative estimate of drug-likeness (QED) is 0.512. The van der Waals surface area contributed by atoms with E-state index in [-0.39, 0.29) is 28.3 Å². The number of carbonyl (C=O) groups excluding carboxylic acids is 1. The van der Waals surface area contributed by atoms with Crippen molar-refractivity contribution in [1.29, 1.82) is 0 Å². The predicted molar refractivity (Wildman–Crippen MR) is 103 cm³/mol. The Labute approximate surface area is 156 Å². The Kier molecular flexibility index (Phi) is 5.98. The number of nitrogens with one attached hydrogen (secondary N) is 2. The first kappa shape index (κ1) is 18.5. The van der Waals surface area contributed by atoms with Gasteiger partial charge >= 0.3 is 0 Å². The average Bonchev–Trinajstić information content (AvgIpc) is 3.07. The highest BCUT2D eigenvalue weighted by Crippen LogP contribution is 2.25. The summed E-state index contributed by atoms with van der Waals surface area (Å²) in [7, 11) is 0. The Bertz CT molecular complexity index is 864. The maximum Gasteiger partial charge on any atom is 0.258 e. The molecular formula is C19H23N3O3S. The Morgan fingerprint density at radius 1 is 1.35 bits per heavy atom. The molecule has 0 spiro atoms. The lowest BCUT2D eigenvalue weighted by Gasteiger charge is -2.08. The molecule has 3 rings (SSSR count). The van der Waals surface area contributed by atoms with Gasteiger partial charge in [-0.25, -0.2) is 0 Å². The summed E-state index contributed by atoms with van der Waals surface area (Å²) in [5, 5.41) is 13.1. The SMILES string of the molecule is CCCCc1c(O)nc(SCC(=O)Nc2ccc3c(c2)CCC3)[nH]c1=O. The molecular weight excluding hydrogens is 350 g/mol. The molecule has 3 N–H and O–H groups in total. The van der Waals surface area contributed by atoms with Crippen molar-refractivity contribution in [3.8, 4) is 5.88 Å². The van der Waals surface area contributed by atoms with Gasteiger partial charge in [-0.1, -0.05) is 31.2 Å². The van der Waals surface area contributed by atoms with E-state index in [4.69, 9.17) is 0 Å². The van der Waals surface area contributed by atoms with Crippen molar-refractivity contribution >= 4 is 23.4 Å². The van der Waals surface area contributed by atoms with Crippen LogP contribution in [0.1, 0.15) is 42.9 Å². The lowest BCUT2D eigenvalue weighted by Crippen LogP contribution is -2.17. The monoisotopic (exact) mass is 373 g/mol. The van der Waals surface area contributed by atoms with Gasteiger partial charge in [0.15, 0.2) is 5.16 Å². The van der Waals surface area contributed by atoms with Gasteiger partial charge in [0.25, 0.3) is 5.56 Å². The third kappa shape index (κ3) is 4.46. The Morgan fingerprint density at radius 2 is 2.15 bits per heavy atom. The van der Waals surface area contributed by atoms with Crippen LogP contribution in [0, 0.1) is 0 Å². The van der Waals surface area contributed by atoms with Gasteiger partial charge in [0.05, 0.1) is 11.3 Å². The van der Waals surface area contributed by atoms with Crippen molar-refractivity contribution in [3.63, 3.8) is 0 Å². The summed E-state index contributed by atoms with van der Waals surface area (Å²) in [6.45, 7) is 2.02. The second-order valence-electron chi connectivity index (χ2n) is 6.45. The zero-order chi connectivity index (χ0) is 18.5. The van der Waals surface area contributed by atoms with Crippen LogP contribution in [-0.2, 0) is 24.1 Å². The smallest absolute Gasteiger partial charge is 0.258 e. The van der Waals surface area contributed by atoms with Gasteiger partial charge in [0.2, 0.25) is 11.8 Å². The molecule has 0 aliphatic heterocycles. The zero-order valence-electron chi connectivity index (χ0n) is 14.8. The van der Waals surface area contributed by atoms with Crippen molar-refractivity contribution in [3.05, 3.63) is 45.2 Å². The minimum atomic E-state index is -0.340. The number of hydrogen-bond acceptors (Lipinski definition) is 5. The van der Waals surface area contributed by atoms with Crippen LogP contribution in [0.5, 0.6) is 5.88 Å². The van der Waals surface area contributed by atoms with Gasteiger partial charge in [0.1, 0.15) is 0 Å². The highest BCUT2D eigenvalue weighted by molar-refractivity contribution is 7.99. The van der Waals surface area contributed by atoms with Gasteiger partial charge in [0, 0.05) is 5.69 Å². The summed E-state index contributed by atoms with van der Waals surface area (Å²) >= 11 is 1.10. The molecule has 0 saturated carbocycles. The van der Waals surface area contributed by atoms with Crippen LogP contribution < -0.4 is 10.9 Å². The fraction of sp³-hybridized carbons (Fsp3) is 0.421. The van der Waals surface area contributed by atoms with E-state index in [9.17, 15) is 14.7 Å². The lowest BCUT2D eigenvalue weighted by molar-refractivity contribution is -0.113. The highest BCUT2D eigenvalue weighted by atomic mass is 32.2. The van der Waals surface area contributed by atoms with Crippen molar-refractivity contribution in [2.75, 3.05) is 11.1 Å². The maximum atomic E-state index is 12.1. The highest BCUT2D eigenvalue weighted by Gasteiger charge is 2.14. The van der Waals surface area contributed by atoms with Gasteiger partial charge < -0.3 is 15.4 Å². The molecule has 0 unspecified atom stereocenters. The summed E-state index contributed by atoms with van der Waals surface area (Å²) in [6, 6.07) is 6.01. The third-order valence-electron chi connectivity index (χ3n) is 4.47. The number of benzene rings is 1. The second kappa shape index (κ2) is 8.40. The molecule has 1 heterocycles. The van der Waals surface area contributed by atoms with Crippen molar-refractivity contribution in [1.82, 2.24) is 9.97 Å². The summed E-state index contributed by atoms with van der Waals surface area (Å²) < 4.78 is 0. The molecule has 138 valence electrons. The molecule has 1 aromatic heterocycles. The summed E-state index contributed by atoms with van der Waals surface area (Å²) in [5.74, 6) is -0.317. The second-order valence-corrected chi connectivity index (χ2v) is 7.41. The summed E-state index contributed by atoms with van der Waals surface area (Å²) in [4.78, 5) is 30.8. The number of amides is 1. The molecule has 6 nitrogen and oxygen atoms in total. The van der Waals surface area contributed by atoms with Crippen LogP contribution in [0.25, 0.3) is 0 Å². The number of H-pyrrole nitrogens is 1.